The first-order valence-electron chi connectivity index (χ1n) is 10.1. The van der Waals surface area contributed by atoms with Crippen LogP contribution < -0.4 is 10.6 Å². The van der Waals surface area contributed by atoms with E-state index in [2.05, 4.69) is 17.6 Å². The van der Waals surface area contributed by atoms with Crippen molar-refractivity contribution < 1.29 is 9.53 Å². The number of carbonyl (C=O) groups excluding carboxylic acids is 1. The minimum Gasteiger partial charge on any atom is -0.444 e. The van der Waals surface area contributed by atoms with E-state index in [-0.39, 0.29) is 6.09 Å². The molecule has 0 aliphatic heterocycles. The summed E-state index contributed by atoms with van der Waals surface area (Å²) in [6.45, 7) is 8.74. The molecule has 4 heteroatoms. The van der Waals surface area contributed by atoms with Crippen molar-refractivity contribution in [3.63, 3.8) is 0 Å². The molecule has 1 amide bonds. The summed E-state index contributed by atoms with van der Waals surface area (Å²) in [4.78, 5) is 12.0. The third kappa shape index (κ3) is 6.62. The Morgan fingerprint density at radius 3 is 2.12 bits per heavy atom. The number of hydrogen-bond donors (Lipinski definition) is 2. The molecule has 0 saturated heterocycles. The van der Waals surface area contributed by atoms with Crippen LogP contribution in [-0.2, 0) is 4.74 Å². The van der Waals surface area contributed by atoms with Crippen LogP contribution in [0, 0.1) is 11.8 Å². The maximum atomic E-state index is 12.0. The predicted molar refractivity (Wildman–Crippen MR) is 99.2 cm³/mol. The van der Waals surface area contributed by atoms with Crippen molar-refractivity contribution in [3.8, 4) is 0 Å². The quantitative estimate of drug-likeness (QED) is 0.742. The molecule has 2 fully saturated rings. The molecule has 2 aliphatic carbocycles. The van der Waals surface area contributed by atoms with Gasteiger partial charge in [-0.25, -0.2) is 4.79 Å². The van der Waals surface area contributed by atoms with Crippen LogP contribution in [0.25, 0.3) is 0 Å². The number of nitrogens with one attached hydrogen (secondary N) is 2. The summed E-state index contributed by atoms with van der Waals surface area (Å²) in [7, 11) is 0. The molecule has 2 rings (SSSR count). The first kappa shape index (κ1) is 19.6. The standard InChI is InChI=1S/C20H38N2O2/c1-15(16-10-6-5-7-11-16)22-18(17-12-8-9-13-17)14-21-19(23)24-20(2,3)4/h15-18,22H,5-14H2,1-4H3,(H,21,23). The number of hydrogen-bond acceptors (Lipinski definition) is 3. The lowest BCUT2D eigenvalue weighted by atomic mass is 9.83. The Bertz CT molecular complexity index is 380. The molecule has 2 saturated carbocycles. The summed E-state index contributed by atoms with van der Waals surface area (Å²) < 4.78 is 5.39. The minimum atomic E-state index is -0.435. The van der Waals surface area contributed by atoms with Gasteiger partial charge in [0.2, 0.25) is 0 Å². The molecule has 0 spiro atoms. The zero-order valence-electron chi connectivity index (χ0n) is 16.2. The van der Waals surface area contributed by atoms with E-state index in [9.17, 15) is 4.79 Å². The zero-order valence-corrected chi connectivity index (χ0v) is 16.2. The smallest absolute Gasteiger partial charge is 0.407 e. The van der Waals surface area contributed by atoms with E-state index in [1.54, 1.807) is 0 Å². The van der Waals surface area contributed by atoms with E-state index in [4.69, 9.17) is 4.74 Å². The van der Waals surface area contributed by atoms with E-state index < -0.39 is 5.60 Å². The largest absolute Gasteiger partial charge is 0.444 e. The van der Waals surface area contributed by atoms with Crippen molar-refractivity contribution in [2.24, 2.45) is 11.8 Å². The Morgan fingerprint density at radius 1 is 1.00 bits per heavy atom. The lowest BCUT2D eigenvalue weighted by Crippen LogP contribution is -2.51. The molecule has 4 nitrogen and oxygen atoms in total. The van der Waals surface area contributed by atoms with E-state index in [0.29, 0.717) is 24.5 Å². The van der Waals surface area contributed by atoms with Gasteiger partial charge in [-0.05, 0) is 65.2 Å². The first-order valence-corrected chi connectivity index (χ1v) is 10.1. The first-order chi connectivity index (χ1) is 11.3. The van der Waals surface area contributed by atoms with Gasteiger partial charge < -0.3 is 15.4 Å². The third-order valence-electron chi connectivity index (χ3n) is 5.67. The average molecular weight is 339 g/mol. The predicted octanol–water partition coefficient (Wildman–Crippen LogP) is 4.63. The van der Waals surface area contributed by atoms with Crippen molar-refractivity contribution in [1.82, 2.24) is 10.6 Å². The van der Waals surface area contributed by atoms with Crippen molar-refractivity contribution in [3.05, 3.63) is 0 Å². The summed E-state index contributed by atoms with van der Waals surface area (Å²) in [5, 5.41) is 6.88. The van der Waals surface area contributed by atoms with Gasteiger partial charge in [-0.2, -0.15) is 0 Å². The highest BCUT2D eigenvalue weighted by molar-refractivity contribution is 5.67. The van der Waals surface area contributed by atoms with Crippen LogP contribution in [0.2, 0.25) is 0 Å². The highest BCUT2D eigenvalue weighted by Gasteiger charge is 2.29. The van der Waals surface area contributed by atoms with E-state index >= 15 is 0 Å². The summed E-state index contributed by atoms with van der Waals surface area (Å²) >= 11 is 0. The Balaban J connectivity index is 1.85. The van der Waals surface area contributed by atoms with Gasteiger partial charge in [0.05, 0.1) is 0 Å². The molecule has 0 aromatic heterocycles. The van der Waals surface area contributed by atoms with Crippen LogP contribution in [0.15, 0.2) is 0 Å². The Kier molecular flexibility index (Phi) is 7.39. The second-order valence-corrected chi connectivity index (χ2v) is 8.89. The van der Waals surface area contributed by atoms with Crippen LogP contribution in [-0.4, -0.2) is 30.3 Å². The second kappa shape index (κ2) is 9.07. The number of alkyl carbamates (subject to hydrolysis) is 1. The van der Waals surface area contributed by atoms with Crippen LogP contribution >= 0.6 is 0 Å². The third-order valence-corrected chi connectivity index (χ3v) is 5.67. The van der Waals surface area contributed by atoms with Gasteiger partial charge in [-0.15, -0.1) is 0 Å². The van der Waals surface area contributed by atoms with Crippen molar-refractivity contribution in [1.29, 1.82) is 0 Å². The lowest BCUT2D eigenvalue weighted by Gasteiger charge is -2.34. The molecule has 2 N–H and O–H groups in total. The fourth-order valence-electron chi connectivity index (χ4n) is 4.34. The van der Waals surface area contributed by atoms with Gasteiger partial charge >= 0.3 is 6.09 Å². The van der Waals surface area contributed by atoms with Gasteiger partial charge in [-0.1, -0.05) is 32.1 Å². The molecule has 0 radical (unpaired) electrons. The molecular weight excluding hydrogens is 300 g/mol. The maximum Gasteiger partial charge on any atom is 0.407 e. The summed E-state index contributed by atoms with van der Waals surface area (Å²) in [5.74, 6) is 1.48. The van der Waals surface area contributed by atoms with Crippen molar-refractivity contribution >= 4 is 6.09 Å². The lowest BCUT2D eigenvalue weighted by molar-refractivity contribution is 0.0515. The van der Waals surface area contributed by atoms with Crippen LogP contribution in [0.3, 0.4) is 0 Å². The van der Waals surface area contributed by atoms with Crippen molar-refractivity contribution in [2.45, 2.75) is 103 Å². The van der Waals surface area contributed by atoms with Crippen molar-refractivity contribution in [2.75, 3.05) is 6.54 Å². The molecule has 2 unspecified atom stereocenters. The number of amides is 1. The van der Waals surface area contributed by atoms with Crippen LogP contribution in [0.5, 0.6) is 0 Å². The molecular formula is C20H38N2O2. The topological polar surface area (TPSA) is 50.4 Å². The number of carbonyl (C=O) groups is 1. The highest BCUT2D eigenvalue weighted by Crippen LogP contribution is 2.30. The highest BCUT2D eigenvalue weighted by atomic mass is 16.6. The normalized spacial score (nSPS) is 23.0. The van der Waals surface area contributed by atoms with E-state index in [0.717, 1.165) is 5.92 Å². The molecule has 24 heavy (non-hydrogen) atoms. The average Bonchev–Trinajstić information content (AvgIpc) is 3.04. The zero-order chi connectivity index (χ0) is 17.6. The fourth-order valence-corrected chi connectivity index (χ4v) is 4.34. The van der Waals surface area contributed by atoms with Gasteiger partial charge in [0.15, 0.2) is 0 Å². The van der Waals surface area contributed by atoms with E-state index in [1.165, 1.54) is 57.8 Å². The van der Waals surface area contributed by atoms with E-state index in [1.807, 2.05) is 20.8 Å². The molecule has 0 bridgehead atoms. The minimum absolute atomic E-state index is 0.294. The van der Waals surface area contributed by atoms with Gasteiger partial charge in [0.25, 0.3) is 0 Å². The van der Waals surface area contributed by atoms with Gasteiger partial charge in [0.1, 0.15) is 5.60 Å². The summed E-state index contributed by atoms with van der Waals surface area (Å²) in [6, 6.07) is 0.910. The SMILES string of the molecule is CC(NC(CNC(=O)OC(C)(C)C)C1CCCC1)C1CCCCC1. The summed E-state index contributed by atoms with van der Waals surface area (Å²) in [5.41, 5.74) is -0.435. The number of rotatable bonds is 6. The monoisotopic (exact) mass is 338 g/mol. The molecule has 0 heterocycles. The molecule has 2 atom stereocenters. The van der Waals surface area contributed by atoms with Gasteiger partial charge in [-0.3, -0.25) is 0 Å². The fraction of sp³-hybridized carbons (Fsp3) is 0.950. The maximum absolute atomic E-state index is 12.0. The molecule has 0 aromatic carbocycles. The Labute approximate surface area is 148 Å². The Morgan fingerprint density at radius 2 is 1.54 bits per heavy atom. The van der Waals surface area contributed by atoms with Crippen LogP contribution in [0.1, 0.15) is 85.5 Å². The second-order valence-electron chi connectivity index (χ2n) is 8.89. The molecule has 140 valence electrons. The van der Waals surface area contributed by atoms with Crippen LogP contribution in [0.4, 0.5) is 4.79 Å². The van der Waals surface area contributed by atoms with Gasteiger partial charge in [0, 0.05) is 18.6 Å². The Hall–Kier alpha value is -0.770. The number of ether oxygens (including phenoxy) is 1. The summed E-state index contributed by atoms with van der Waals surface area (Å²) in [6.07, 6.45) is 11.8. The molecule has 0 aromatic rings. The molecule has 2 aliphatic rings.